The third-order valence-corrected chi connectivity index (χ3v) is 2.86. The summed E-state index contributed by atoms with van der Waals surface area (Å²) in [5.41, 5.74) is 9.20. The molecule has 3 rings (SSSR count). The molecule has 92 valence electrons. The van der Waals surface area contributed by atoms with Gasteiger partial charge in [0.15, 0.2) is 11.5 Å². The average molecular weight is 243 g/mol. The zero-order valence-electron chi connectivity index (χ0n) is 10.2. The number of aryl methyl sites for hydroxylation is 2. The van der Waals surface area contributed by atoms with Crippen molar-refractivity contribution in [1.82, 2.24) is 29.3 Å². The van der Waals surface area contributed by atoms with E-state index in [9.17, 15) is 0 Å². The Balaban J connectivity index is 2.05. The lowest BCUT2D eigenvalue weighted by Gasteiger charge is -2.03. The van der Waals surface area contributed by atoms with Gasteiger partial charge in [-0.25, -0.2) is 15.0 Å². The quantitative estimate of drug-likeness (QED) is 0.708. The minimum Gasteiger partial charge on any atom is -0.382 e. The van der Waals surface area contributed by atoms with Gasteiger partial charge in [-0.3, -0.25) is 4.68 Å². The van der Waals surface area contributed by atoms with Crippen LogP contribution in [0.2, 0.25) is 0 Å². The molecule has 0 saturated heterocycles. The van der Waals surface area contributed by atoms with Gasteiger partial charge in [-0.05, 0) is 13.0 Å². The lowest BCUT2D eigenvalue weighted by molar-refractivity contribution is 0.668. The Morgan fingerprint density at radius 3 is 2.83 bits per heavy atom. The van der Waals surface area contributed by atoms with Gasteiger partial charge in [0.2, 0.25) is 0 Å². The van der Waals surface area contributed by atoms with Gasteiger partial charge < -0.3 is 10.3 Å². The fourth-order valence-electron chi connectivity index (χ4n) is 2.00. The van der Waals surface area contributed by atoms with Crippen LogP contribution in [0.4, 0.5) is 5.82 Å². The molecule has 0 aliphatic carbocycles. The van der Waals surface area contributed by atoms with Crippen LogP contribution in [-0.2, 0) is 13.6 Å². The van der Waals surface area contributed by atoms with E-state index in [1.165, 1.54) is 6.33 Å². The Hall–Kier alpha value is -2.44. The first-order valence-electron chi connectivity index (χ1n) is 5.56. The molecule has 0 aliphatic rings. The van der Waals surface area contributed by atoms with E-state index in [0.29, 0.717) is 17.9 Å². The highest BCUT2D eigenvalue weighted by atomic mass is 15.3. The van der Waals surface area contributed by atoms with Crippen molar-refractivity contribution in [2.24, 2.45) is 7.05 Å². The summed E-state index contributed by atoms with van der Waals surface area (Å²) in [6.07, 6.45) is 3.17. The van der Waals surface area contributed by atoms with Crippen molar-refractivity contribution >= 4 is 17.0 Å². The maximum absolute atomic E-state index is 5.75. The van der Waals surface area contributed by atoms with E-state index in [1.807, 2.05) is 29.3 Å². The first-order valence-corrected chi connectivity index (χ1v) is 5.56. The van der Waals surface area contributed by atoms with Gasteiger partial charge in [0.1, 0.15) is 11.8 Å². The minimum absolute atomic E-state index is 0.403. The summed E-state index contributed by atoms with van der Waals surface area (Å²) in [4.78, 5) is 12.4. The van der Waals surface area contributed by atoms with Crippen LogP contribution in [0.5, 0.6) is 0 Å². The molecular weight excluding hydrogens is 230 g/mol. The summed E-state index contributed by atoms with van der Waals surface area (Å²) >= 11 is 0. The van der Waals surface area contributed by atoms with Crippen LogP contribution in [0.1, 0.15) is 11.4 Å². The number of hydrogen-bond acceptors (Lipinski definition) is 5. The van der Waals surface area contributed by atoms with Crippen molar-refractivity contribution in [2.45, 2.75) is 13.5 Å². The van der Waals surface area contributed by atoms with Gasteiger partial charge in [0, 0.05) is 7.05 Å². The first-order chi connectivity index (χ1) is 8.65. The number of fused-ring (bicyclic) bond motifs is 1. The molecule has 3 aromatic rings. The van der Waals surface area contributed by atoms with E-state index in [1.54, 1.807) is 6.33 Å². The molecule has 0 fully saturated rings. The fraction of sp³-hybridized carbons (Fsp3) is 0.273. The maximum atomic E-state index is 5.75. The monoisotopic (exact) mass is 243 g/mol. The molecule has 18 heavy (non-hydrogen) atoms. The van der Waals surface area contributed by atoms with Crippen LogP contribution >= 0.6 is 0 Å². The zero-order chi connectivity index (χ0) is 12.7. The van der Waals surface area contributed by atoms with Crippen LogP contribution in [0.3, 0.4) is 0 Å². The fourth-order valence-corrected chi connectivity index (χ4v) is 2.00. The predicted molar refractivity (Wildman–Crippen MR) is 66.8 cm³/mol. The van der Waals surface area contributed by atoms with Gasteiger partial charge >= 0.3 is 0 Å². The second-order valence-electron chi connectivity index (χ2n) is 4.20. The van der Waals surface area contributed by atoms with Crippen LogP contribution in [0.15, 0.2) is 18.7 Å². The SMILES string of the molecule is Cc1cc(Cn2cnc3c(N)ncnc32)n(C)n1. The highest BCUT2D eigenvalue weighted by Crippen LogP contribution is 2.15. The largest absolute Gasteiger partial charge is 0.382 e. The zero-order valence-corrected chi connectivity index (χ0v) is 10.2. The van der Waals surface area contributed by atoms with Gasteiger partial charge in [-0.15, -0.1) is 0 Å². The molecule has 0 radical (unpaired) electrons. The van der Waals surface area contributed by atoms with Crippen molar-refractivity contribution in [3.63, 3.8) is 0 Å². The Kier molecular flexibility index (Phi) is 2.26. The number of aromatic nitrogens is 6. The first kappa shape index (κ1) is 10.7. The van der Waals surface area contributed by atoms with Crippen molar-refractivity contribution in [3.8, 4) is 0 Å². The molecule has 0 amide bonds. The number of anilines is 1. The molecule has 3 heterocycles. The Bertz CT molecular complexity index is 709. The van der Waals surface area contributed by atoms with E-state index < -0.39 is 0 Å². The maximum Gasteiger partial charge on any atom is 0.165 e. The molecular formula is C11H13N7. The highest BCUT2D eigenvalue weighted by molar-refractivity contribution is 5.81. The third-order valence-electron chi connectivity index (χ3n) is 2.86. The number of nitrogen functional groups attached to an aromatic ring is 1. The lowest BCUT2D eigenvalue weighted by Crippen LogP contribution is -2.05. The smallest absolute Gasteiger partial charge is 0.165 e. The number of nitrogens with two attached hydrogens (primary N) is 1. The molecule has 0 spiro atoms. The summed E-state index contributed by atoms with van der Waals surface area (Å²) in [7, 11) is 1.92. The van der Waals surface area contributed by atoms with Crippen molar-refractivity contribution in [3.05, 3.63) is 30.1 Å². The van der Waals surface area contributed by atoms with Gasteiger partial charge in [0.05, 0.1) is 24.3 Å². The van der Waals surface area contributed by atoms with E-state index in [2.05, 4.69) is 20.1 Å². The molecule has 7 nitrogen and oxygen atoms in total. The summed E-state index contributed by atoms with van der Waals surface area (Å²) < 4.78 is 3.79. The number of rotatable bonds is 2. The molecule has 0 saturated carbocycles. The average Bonchev–Trinajstić information content (AvgIpc) is 2.86. The van der Waals surface area contributed by atoms with Crippen molar-refractivity contribution in [2.75, 3.05) is 5.73 Å². The molecule has 0 unspecified atom stereocenters. The normalized spacial score (nSPS) is 11.2. The van der Waals surface area contributed by atoms with Crippen LogP contribution in [0, 0.1) is 6.92 Å². The predicted octanol–water partition coefficient (Wildman–Crippen LogP) is 0.499. The van der Waals surface area contributed by atoms with E-state index in [0.717, 1.165) is 17.0 Å². The van der Waals surface area contributed by atoms with E-state index in [4.69, 9.17) is 5.73 Å². The van der Waals surface area contributed by atoms with Crippen molar-refractivity contribution in [1.29, 1.82) is 0 Å². The summed E-state index contributed by atoms with van der Waals surface area (Å²) in [5, 5.41) is 4.31. The Labute approximate surface area is 103 Å². The minimum atomic E-state index is 0.403. The second-order valence-corrected chi connectivity index (χ2v) is 4.20. The van der Waals surface area contributed by atoms with E-state index >= 15 is 0 Å². The standard InChI is InChI=1S/C11H13N7/c1-7-3-8(17(2)16-7)4-18-6-15-9-10(12)13-5-14-11(9)18/h3,5-6H,4H2,1-2H3,(H2,12,13,14). The summed E-state index contributed by atoms with van der Waals surface area (Å²) in [5.74, 6) is 0.403. The highest BCUT2D eigenvalue weighted by Gasteiger charge is 2.10. The summed E-state index contributed by atoms with van der Waals surface area (Å²) in [6.45, 7) is 2.62. The summed E-state index contributed by atoms with van der Waals surface area (Å²) in [6, 6.07) is 2.04. The number of nitrogens with zero attached hydrogens (tertiary/aromatic N) is 6. The van der Waals surface area contributed by atoms with E-state index in [-0.39, 0.29) is 0 Å². The molecule has 0 aliphatic heterocycles. The number of hydrogen-bond donors (Lipinski definition) is 1. The molecule has 0 aromatic carbocycles. The van der Waals surface area contributed by atoms with Gasteiger partial charge in [-0.1, -0.05) is 0 Å². The van der Waals surface area contributed by atoms with Gasteiger partial charge in [0.25, 0.3) is 0 Å². The van der Waals surface area contributed by atoms with Crippen LogP contribution in [0.25, 0.3) is 11.2 Å². The number of imidazole rings is 1. The topological polar surface area (TPSA) is 87.4 Å². The molecule has 0 atom stereocenters. The van der Waals surface area contributed by atoms with Crippen molar-refractivity contribution < 1.29 is 0 Å². The molecule has 7 heteroatoms. The lowest BCUT2D eigenvalue weighted by atomic mass is 10.3. The molecule has 0 bridgehead atoms. The van der Waals surface area contributed by atoms with Gasteiger partial charge in [-0.2, -0.15) is 5.10 Å². The Morgan fingerprint density at radius 2 is 2.11 bits per heavy atom. The molecule has 2 N–H and O–H groups in total. The third kappa shape index (κ3) is 1.60. The second kappa shape index (κ2) is 3.80. The van der Waals surface area contributed by atoms with Crippen LogP contribution in [-0.4, -0.2) is 29.3 Å². The Morgan fingerprint density at radius 1 is 1.28 bits per heavy atom. The molecule has 3 aromatic heterocycles. The van der Waals surface area contributed by atoms with Crippen LogP contribution < -0.4 is 5.73 Å².